The van der Waals surface area contributed by atoms with Crippen LogP contribution in [0.15, 0.2) is 35.5 Å². The number of carbonyl (C=O) groups is 2. The van der Waals surface area contributed by atoms with E-state index in [1.165, 1.54) is 0 Å². The first kappa shape index (κ1) is 16.8. The fourth-order valence-corrected chi connectivity index (χ4v) is 1.79. The van der Waals surface area contributed by atoms with Crippen molar-refractivity contribution in [2.75, 3.05) is 6.61 Å². The van der Waals surface area contributed by atoms with Gasteiger partial charge in [0.1, 0.15) is 11.6 Å². The van der Waals surface area contributed by atoms with Crippen LogP contribution in [0.5, 0.6) is 5.75 Å². The molecule has 0 aliphatic heterocycles. The number of nitrogens with one attached hydrogen (secondary N) is 2. The average Bonchev–Trinajstić information content (AvgIpc) is 3.00. The Balaban J connectivity index is 1.96. The molecule has 2 aromatic rings. The lowest BCUT2D eigenvalue weighted by Gasteiger charge is -2.04. The number of guanidine groups is 1. The molecule has 1 aromatic carbocycles. The number of hydrogen-bond acceptors (Lipinski definition) is 4. The third-order valence-corrected chi connectivity index (χ3v) is 2.79. The second-order valence-corrected chi connectivity index (χ2v) is 4.65. The molecule has 0 aliphatic carbocycles. The quantitative estimate of drug-likeness (QED) is 0.367. The van der Waals surface area contributed by atoms with Crippen molar-refractivity contribution in [2.24, 2.45) is 16.5 Å². The van der Waals surface area contributed by atoms with E-state index in [4.69, 9.17) is 21.3 Å². The monoisotopic (exact) mass is 332 g/mol. The normalized spacial score (nSPS) is 10.0. The van der Waals surface area contributed by atoms with Gasteiger partial charge in [0.15, 0.2) is 12.6 Å². The molecule has 10 nitrogen and oxygen atoms in total. The molecule has 0 saturated carbocycles. The molecule has 24 heavy (non-hydrogen) atoms. The van der Waals surface area contributed by atoms with Gasteiger partial charge in [0.25, 0.3) is 0 Å². The number of hydrogen-bond donors (Lipinski definition) is 5. The Hall–Kier alpha value is -3.56. The van der Waals surface area contributed by atoms with Gasteiger partial charge in [0, 0.05) is 0 Å². The van der Waals surface area contributed by atoms with Crippen molar-refractivity contribution in [3.05, 3.63) is 36.3 Å². The number of rotatable bonds is 6. The Bertz CT molecular complexity index is 749. The number of carbonyl (C=O) groups excluding carboxylic acids is 1. The summed E-state index contributed by atoms with van der Waals surface area (Å²) in [6.07, 6.45) is 1.61. The molecule has 0 radical (unpaired) electrons. The number of aliphatic carboxylic acids is 1. The summed E-state index contributed by atoms with van der Waals surface area (Å²) in [6, 6.07) is 6.16. The number of amides is 2. The highest BCUT2D eigenvalue weighted by Crippen LogP contribution is 2.20. The number of aromatic amines is 1. The molecule has 1 heterocycles. The molecule has 0 unspecified atom stereocenters. The Labute approximate surface area is 136 Å². The summed E-state index contributed by atoms with van der Waals surface area (Å²) in [5, 5.41) is 11.0. The molecular formula is C14H16N6O4. The van der Waals surface area contributed by atoms with Gasteiger partial charge in [-0.25, -0.2) is 14.6 Å². The van der Waals surface area contributed by atoms with Crippen molar-refractivity contribution in [1.29, 1.82) is 0 Å². The predicted octanol–water partition coefficient (Wildman–Crippen LogP) is 0.0231. The van der Waals surface area contributed by atoms with Crippen molar-refractivity contribution >= 4 is 18.0 Å². The highest BCUT2D eigenvalue weighted by atomic mass is 16.5. The summed E-state index contributed by atoms with van der Waals surface area (Å²) < 4.78 is 5.05. The van der Waals surface area contributed by atoms with Crippen LogP contribution in [0, 0.1) is 0 Å². The maximum absolute atomic E-state index is 11.3. The van der Waals surface area contributed by atoms with Crippen LogP contribution in [-0.4, -0.2) is 39.6 Å². The van der Waals surface area contributed by atoms with E-state index < -0.39 is 18.6 Å². The summed E-state index contributed by atoms with van der Waals surface area (Å²) in [5.41, 5.74) is 11.7. The minimum Gasteiger partial charge on any atom is -0.482 e. The maximum Gasteiger partial charge on any atom is 0.344 e. The first-order valence-electron chi connectivity index (χ1n) is 6.80. The summed E-state index contributed by atoms with van der Waals surface area (Å²) in [7, 11) is 0. The summed E-state index contributed by atoms with van der Waals surface area (Å²) in [5.74, 6) is -0.390. The SMILES string of the molecule is NC(N)=NC(=O)NCc1ncc(-c2ccc(OCC(=O)O)cc2)[nH]1. The molecule has 10 heteroatoms. The molecule has 0 spiro atoms. The van der Waals surface area contributed by atoms with Crippen LogP contribution in [-0.2, 0) is 11.3 Å². The zero-order valence-electron chi connectivity index (χ0n) is 12.5. The second-order valence-electron chi connectivity index (χ2n) is 4.65. The smallest absolute Gasteiger partial charge is 0.344 e. The molecule has 0 fully saturated rings. The highest BCUT2D eigenvalue weighted by molar-refractivity contribution is 5.90. The molecule has 2 rings (SSSR count). The molecule has 0 saturated heterocycles. The number of imidazole rings is 1. The number of carboxylic acid groups (broad SMARTS) is 1. The number of nitrogens with two attached hydrogens (primary N) is 2. The van der Waals surface area contributed by atoms with Gasteiger partial charge in [-0.2, -0.15) is 4.99 Å². The minimum absolute atomic E-state index is 0.134. The topological polar surface area (TPSA) is 169 Å². The van der Waals surface area contributed by atoms with Gasteiger partial charge in [-0.15, -0.1) is 0 Å². The molecule has 2 amide bonds. The number of carboxylic acids is 1. The van der Waals surface area contributed by atoms with Gasteiger partial charge in [-0.05, 0) is 29.8 Å². The lowest BCUT2D eigenvalue weighted by Crippen LogP contribution is -2.28. The standard InChI is InChI=1S/C14H16N6O4/c15-13(16)20-14(23)18-6-11-17-5-10(19-11)8-1-3-9(4-2-8)24-7-12(21)22/h1-5H,6-7H2,(H,17,19)(H,21,22)(H5,15,16,18,20,23). The molecule has 1 aromatic heterocycles. The first-order valence-corrected chi connectivity index (χ1v) is 6.80. The third-order valence-electron chi connectivity index (χ3n) is 2.79. The number of ether oxygens (including phenoxy) is 1. The van der Waals surface area contributed by atoms with E-state index >= 15 is 0 Å². The summed E-state index contributed by atoms with van der Waals surface area (Å²) in [6.45, 7) is -0.265. The van der Waals surface area contributed by atoms with Gasteiger partial charge < -0.3 is 31.6 Å². The zero-order valence-corrected chi connectivity index (χ0v) is 12.5. The number of H-pyrrole nitrogens is 1. The lowest BCUT2D eigenvalue weighted by molar-refractivity contribution is -0.139. The van der Waals surface area contributed by atoms with Gasteiger partial charge in [-0.1, -0.05) is 0 Å². The van der Waals surface area contributed by atoms with Crippen LogP contribution in [0.1, 0.15) is 5.82 Å². The van der Waals surface area contributed by atoms with Crippen molar-refractivity contribution in [1.82, 2.24) is 15.3 Å². The van der Waals surface area contributed by atoms with E-state index in [-0.39, 0.29) is 12.5 Å². The predicted molar refractivity (Wildman–Crippen MR) is 85.2 cm³/mol. The number of benzene rings is 1. The van der Waals surface area contributed by atoms with Crippen molar-refractivity contribution in [3.63, 3.8) is 0 Å². The van der Waals surface area contributed by atoms with E-state index in [1.54, 1.807) is 30.5 Å². The van der Waals surface area contributed by atoms with E-state index in [1.807, 2.05) is 0 Å². The zero-order chi connectivity index (χ0) is 17.5. The molecule has 0 atom stereocenters. The van der Waals surface area contributed by atoms with Crippen LogP contribution in [0.25, 0.3) is 11.3 Å². The molecule has 0 bridgehead atoms. The van der Waals surface area contributed by atoms with Crippen LogP contribution in [0.2, 0.25) is 0 Å². The van der Waals surface area contributed by atoms with Crippen molar-refractivity contribution < 1.29 is 19.4 Å². The van der Waals surface area contributed by atoms with E-state index in [9.17, 15) is 9.59 Å². The second kappa shape index (κ2) is 7.63. The van der Waals surface area contributed by atoms with E-state index in [0.29, 0.717) is 11.6 Å². The molecule has 0 aliphatic rings. The lowest BCUT2D eigenvalue weighted by atomic mass is 10.2. The minimum atomic E-state index is -1.04. The fraction of sp³-hybridized carbons (Fsp3) is 0.143. The average molecular weight is 332 g/mol. The number of aromatic nitrogens is 2. The number of aliphatic imine (C=N–C) groups is 1. The third kappa shape index (κ3) is 5.02. The maximum atomic E-state index is 11.3. The first-order chi connectivity index (χ1) is 11.4. The fourth-order valence-electron chi connectivity index (χ4n) is 1.79. The van der Waals surface area contributed by atoms with Crippen LogP contribution >= 0.6 is 0 Å². The number of urea groups is 1. The summed E-state index contributed by atoms with van der Waals surface area (Å²) >= 11 is 0. The van der Waals surface area contributed by atoms with E-state index in [0.717, 1.165) is 11.3 Å². The van der Waals surface area contributed by atoms with Gasteiger partial charge in [0.2, 0.25) is 0 Å². The van der Waals surface area contributed by atoms with Crippen LogP contribution in [0.3, 0.4) is 0 Å². The van der Waals surface area contributed by atoms with Gasteiger partial charge in [0.05, 0.1) is 18.4 Å². The molecule has 7 N–H and O–H groups in total. The largest absolute Gasteiger partial charge is 0.482 e. The van der Waals surface area contributed by atoms with Crippen LogP contribution in [0.4, 0.5) is 4.79 Å². The molecular weight excluding hydrogens is 316 g/mol. The number of nitrogens with zero attached hydrogens (tertiary/aromatic N) is 2. The molecule has 126 valence electrons. The Morgan fingerprint density at radius 2 is 2.00 bits per heavy atom. The Morgan fingerprint density at radius 1 is 1.29 bits per heavy atom. The summed E-state index contributed by atoms with van der Waals surface area (Å²) in [4.78, 5) is 32.2. The highest BCUT2D eigenvalue weighted by Gasteiger charge is 2.06. The van der Waals surface area contributed by atoms with Crippen LogP contribution < -0.4 is 21.5 Å². The Morgan fingerprint density at radius 3 is 2.62 bits per heavy atom. The van der Waals surface area contributed by atoms with Gasteiger partial charge in [-0.3, -0.25) is 0 Å². The van der Waals surface area contributed by atoms with Crippen molar-refractivity contribution in [3.8, 4) is 17.0 Å². The van der Waals surface area contributed by atoms with Gasteiger partial charge >= 0.3 is 12.0 Å². The van der Waals surface area contributed by atoms with E-state index in [2.05, 4.69) is 20.3 Å². The van der Waals surface area contributed by atoms with Crippen molar-refractivity contribution in [2.45, 2.75) is 6.54 Å². The Kier molecular flexibility index (Phi) is 5.34.